The molecular formula is C9H11ClO2. The van der Waals surface area contributed by atoms with Crippen molar-refractivity contribution in [1.29, 1.82) is 0 Å². The second-order valence-corrected chi connectivity index (χ2v) is 2.48. The molecule has 0 amide bonds. The molecule has 12 heavy (non-hydrogen) atoms. The molecule has 0 spiro atoms. The van der Waals surface area contributed by atoms with E-state index in [1.54, 1.807) is 12.1 Å². The maximum atomic E-state index is 6.94. The van der Waals surface area contributed by atoms with Crippen LogP contribution in [0.3, 0.4) is 0 Å². The predicted octanol–water partition coefficient (Wildman–Crippen LogP) is 2.44. The van der Waals surface area contributed by atoms with Gasteiger partial charge < -0.3 is 9.47 Å². The highest BCUT2D eigenvalue weighted by molar-refractivity contribution is 6.17. The van der Waals surface area contributed by atoms with Crippen molar-refractivity contribution in [2.75, 3.05) is 14.1 Å². The minimum atomic E-state index is -2.45. The van der Waals surface area contributed by atoms with Gasteiger partial charge in [0.05, 0.1) is 24.1 Å². The largest absolute Gasteiger partial charge is 0.497 e. The maximum absolute atomic E-state index is 6.94. The molecule has 0 saturated carbocycles. The molecule has 0 saturated heterocycles. The van der Waals surface area contributed by atoms with E-state index in [2.05, 4.69) is 0 Å². The van der Waals surface area contributed by atoms with Gasteiger partial charge in [0.1, 0.15) is 11.5 Å². The first-order chi connectivity index (χ1) is 6.96. The van der Waals surface area contributed by atoms with Crippen molar-refractivity contribution in [3.8, 4) is 11.5 Å². The lowest BCUT2D eigenvalue weighted by atomic mass is 10.2. The average Bonchev–Trinajstić information content (AvgIpc) is 2.15. The molecule has 0 radical (unpaired) electrons. The number of methoxy groups -OCH3 is 2. The Kier molecular flexibility index (Phi) is 2.00. The molecule has 0 heterocycles. The van der Waals surface area contributed by atoms with Crippen LogP contribution in [0.5, 0.6) is 11.5 Å². The van der Waals surface area contributed by atoms with Gasteiger partial charge in [0.2, 0.25) is 0 Å². The van der Waals surface area contributed by atoms with Gasteiger partial charge in [0, 0.05) is 5.56 Å². The molecule has 0 fully saturated rings. The third-order valence-electron chi connectivity index (χ3n) is 1.51. The first kappa shape index (κ1) is 5.70. The second kappa shape index (κ2) is 4.21. The molecule has 0 aromatic heterocycles. The van der Waals surface area contributed by atoms with Crippen LogP contribution in [0, 0.1) is 0 Å². The zero-order chi connectivity index (χ0) is 11.5. The van der Waals surface area contributed by atoms with Crippen molar-refractivity contribution in [1.82, 2.24) is 0 Å². The molecule has 3 heteroatoms. The SMILES string of the molecule is [2H]C([2H])([2H])Oc1ccc(OC)c(CCl)c1. The summed E-state index contributed by atoms with van der Waals surface area (Å²) < 4.78 is 30.6. The molecule has 66 valence electrons. The highest BCUT2D eigenvalue weighted by Gasteiger charge is 2.02. The Labute approximate surface area is 81.3 Å². The third kappa shape index (κ3) is 1.83. The van der Waals surface area contributed by atoms with Crippen LogP contribution < -0.4 is 9.47 Å². The van der Waals surface area contributed by atoms with Gasteiger partial charge in [0.25, 0.3) is 0 Å². The lowest BCUT2D eigenvalue weighted by molar-refractivity contribution is 0.400. The minimum absolute atomic E-state index is 0.237. The molecule has 0 aliphatic heterocycles. The van der Waals surface area contributed by atoms with Crippen molar-refractivity contribution in [2.45, 2.75) is 5.88 Å². The molecule has 0 aliphatic rings. The summed E-state index contributed by atoms with van der Waals surface area (Å²) in [6, 6.07) is 4.71. The molecule has 1 aromatic carbocycles. The van der Waals surface area contributed by atoms with E-state index in [9.17, 15) is 0 Å². The molecule has 0 aliphatic carbocycles. The van der Waals surface area contributed by atoms with E-state index in [-0.39, 0.29) is 11.6 Å². The number of ether oxygens (including phenoxy) is 2. The molecule has 0 unspecified atom stereocenters. The number of hydrogen-bond acceptors (Lipinski definition) is 2. The van der Waals surface area contributed by atoms with Crippen LogP contribution in [0.4, 0.5) is 0 Å². The van der Waals surface area contributed by atoms with Gasteiger partial charge in [-0.15, -0.1) is 11.6 Å². The molecular weight excluding hydrogens is 176 g/mol. The van der Waals surface area contributed by atoms with Crippen LogP contribution >= 0.6 is 11.6 Å². The molecule has 0 bridgehead atoms. The fourth-order valence-corrected chi connectivity index (χ4v) is 1.13. The third-order valence-corrected chi connectivity index (χ3v) is 1.80. The van der Waals surface area contributed by atoms with Crippen LogP contribution in [-0.2, 0) is 5.88 Å². The Morgan fingerprint density at radius 3 is 2.92 bits per heavy atom. The van der Waals surface area contributed by atoms with Gasteiger partial charge in [-0.3, -0.25) is 0 Å². The van der Waals surface area contributed by atoms with Gasteiger partial charge in [-0.1, -0.05) is 0 Å². The van der Waals surface area contributed by atoms with Crippen molar-refractivity contribution < 1.29 is 13.6 Å². The number of benzene rings is 1. The molecule has 0 atom stereocenters. The first-order valence-electron chi connectivity index (χ1n) is 4.88. The normalized spacial score (nSPS) is 14.3. The summed E-state index contributed by atoms with van der Waals surface area (Å²) in [7, 11) is -0.923. The summed E-state index contributed by atoms with van der Waals surface area (Å²) in [6.07, 6.45) is 0. The molecule has 2 nitrogen and oxygen atoms in total. The van der Waals surface area contributed by atoms with Crippen molar-refractivity contribution in [2.24, 2.45) is 0 Å². The topological polar surface area (TPSA) is 18.5 Å². The number of halogens is 1. The second-order valence-electron chi connectivity index (χ2n) is 2.21. The average molecular weight is 190 g/mol. The van der Waals surface area contributed by atoms with Gasteiger partial charge in [-0.05, 0) is 18.2 Å². The van der Waals surface area contributed by atoms with Crippen LogP contribution in [0.15, 0.2) is 18.2 Å². The maximum Gasteiger partial charge on any atom is 0.123 e. The summed E-state index contributed by atoms with van der Waals surface area (Å²) in [5.74, 6) is 1.11. The summed E-state index contributed by atoms with van der Waals surface area (Å²) in [5, 5.41) is 0. The van der Waals surface area contributed by atoms with Gasteiger partial charge in [-0.2, -0.15) is 0 Å². The quantitative estimate of drug-likeness (QED) is 0.680. The Morgan fingerprint density at radius 1 is 1.50 bits per heavy atom. The van der Waals surface area contributed by atoms with Gasteiger partial charge in [-0.25, -0.2) is 0 Å². The summed E-state index contributed by atoms with van der Waals surface area (Å²) in [5.41, 5.74) is 0.695. The number of hydrogen-bond donors (Lipinski definition) is 0. The zero-order valence-corrected chi connectivity index (χ0v) is 7.39. The fourth-order valence-electron chi connectivity index (χ4n) is 0.923. The number of rotatable bonds is 3. The summed E-state index contributed by atoms with van der Waals surface area (Å²) in [4.78, 5) is 0. The summed E-state index contributed by atoms with van der Waals surface area (Å²) in [6.45, 7) is 0. The molecule has 1 rings (SSSR count). The van der Waals surface area contributed by atoms with E-state index < -0.39 is 7.04 Å². The highest BCUT2D eigenvalue weighted by atomic mass is 35.5. The Balaban J connectivity index is 2.93. The van der Waals surface area contributed by atoms with Crippen LogP contribution in [-0.4, -0.2) is 14.1 Å². The van der Waals surface area contributed by atoms with E-state index in [0.717, 1.165) is 0 Å². The van der Waals surface area contributed by atoms with Crippen LogP contribution in [0.1, 0.15) is 9.68 Å². The van der Waals surface area contributed by atoms with Gasteiger partial charge in [0.15, 0.2) is 0 Å². The highest BCUT2D eigenvalue weighted by Crippen LogP contribution is 2.24. The van der Waals surface area contributed by atoms with E-state index in [1.165, 1.54) is 13.2 Å². The minimum Gasteiger partial charge on any atom is -0.497 e. The Morgan fingerprint density at radius 2 is 2.33 bits per heavy atom. The zero-order valence-electron chi connectivity index (χ0n) is 9.63. The monoisotopic (exact) mass is 189 g/mol. The Hall–Kier alpha value is -0.890. The van der Waals surface area contributed by atoms with Crippen molar-refractivity contribution in [3.63, 3.8) is 0 Å². The van der Waals surface area contributed by atoms with Crippen molar-refractivity contribution in [3.05, 3.63) is 23.8 Å². The van der Waals surface area contributed by atoms with E-state index in [0.29, 0.717) is 11.3 Å². The first-order valence-corrected chi connectivity index (χ1v) is 3.91. The lowest BCUT2D eigenvalue weighted by Gasteiger charge is -2.07. The van der Waals surface area contributed by atoms with E-state index >= 15 is 0 Å². The van der Waals surface area contributed by atoms with E-state index in [4.69, 9.17) is 25.2 Å². The van der Waals surface area contributed by atoms with E-state index in [1.807, 2.05) is 0 Å². The fraction of sp³-hybridized carbons (Fsp3) is 0.333. The van der Waals surface area contributed by atoms with Crippen LogP contribution in [0.25, 0.3) is 0 Å². The lowest BCUT2D eigenvalue weighted by Crippen LogP contribution is -1.90. The number of alkyl halides is 1. The Bertz CT molecular complexity index is 339. The standard InChI is InChI=1S/C9H11ClO2/c1-11-8-3-4-9(12-2)7(5-8)6-10/h3-5H,6H2,1-2H3/i1D3. The van der Waals surface area contributed by atoms with Gasteiger partial charge >= 0.3 is 0 Å². The molecule has 0 N–H and O–H groups in total. The van der Waals surface area contributed by atoms with Crippen molar-refractivity contribution >= 4 is 11.6 Å². The molecule has 1 aromatic rings. The smallest absolute Gasteiger partial charge is 0.123 e. The summed E-state index contributed by atoms with van der Waals surface area (Å²) >= 11 is 5.68. The predicted molar refractivity (Wildman–Crippen MR) is 49.1 cm³/mol. The van der Waals surface area contributed by atoms with Crippen LogP contribution in [0.2, 0.25) is 0 Å².